The van der Waals surface area contributed by atoms with Crippen LogP contribution in [0.25, 0.3) is 10.8 Å². The van der Waals surface area contributed by atoms with Crippen LogP contribution in [0, 0.1) is 0 Å². The summed E-state index contributed by atoms with van der Waals surface area (Å²) in [6.45, 7) is 3.71. The number of hydrogen-bond acceptors (Lipinski definition) is 1. The normalized spacial score (nSPS) is 14.6. The highest BCUT2D eigenvalue weighted by Gasteiger charge is 2.22. The number of nitrogens with zero attached hydrogens (tertiary/aromatic N) is 1. The van der Waals surface area contributed by atoms with Crippen molar-refractivity contribution in [1.82, 2.24) is 10.6 Å². The Balaban J connectivity index is 0.00000161. The van der Waals surface area contributed by atoms with Crippen molar-refractivity contribution in [1.29, 1.82) is 0 Å². The lowest BCUT2D eigenvalue weighted by atomic mass is 10.1. The molecule has 2 aromatic rings. The van der Waals surface area contributed by atoms with E-state index in [1.807, 2.05) is 0 Å². The van der Waals surface area contributed by atoms with Gasteiger partial charge < -0.3 is 10.6 Å². The van der Waals surface area contributed by atoms with E-state index in [0.29, 0.717) is 12.6 Å². The van der Waals surface area contributed by atoms with Crippen LogP contribution in [-0.4, -0.2) is 18.5 Å². The van der Waals surface area contributed by atoms with Gasteiger partial charge in [-0.15, -0.1) is 24.0 Å². The Morgan fingerprint density at radius 3 is 2.67 bits per heavy atom. The van der Waals surface area contributed by atoms with Crippen LogP contribution in [0.1, 0.15) is 25.3 Å². The molecule has 0 atom stereocenters. The zero-order chi connectivity index (χ0) is 13.8. The maximum Gasteiger partial charge on any atom is 0.191 e. The van der Waals surface area contributed by atoms with E-state index in [0.717, 1.165) is 12.5 Å². The summed E-state index contributed by atoms with van der Waals surface area (Å²) in [4.78, 5) is 4.71. The zero-order valence-corrected chi connectivity index (χ0v) is 14.6. The third-order valence-corrected chi connectivity index (χ3v) is 3.55. The first-order valence-electron chi connectivity index (χ1n) is 7.38. The van der Waals surface area contributed by atoms with E-state index in [4.69, 9.17) is 4.99 Å². The summed E-state index contributed by atoms with van der Waals surface area (Å²) in [5.41, 5.74) is 1.27. The maximum absolute atomic E-state index is 4.71. The van der Waals surface area contributed by atoms with Gasteiger partial charge in [0.1, 0.15) is 0 Å². The van der Waals surface area contributed by atoms with Crippen LogP contribution in [0.3, 0.4) is 0 Å². The average Bonchev–Trinajstić information content (AvgIpc) is 3.29. The number of guanidine groups is 1. The lowest BCUT2D eigenvalue weighted by molar-refractivity contribution is 0.813. The first-order chi connectivity index (χ1) is 9.86. The van der Waals surface area contributed by atoms with Crippen molar-refractivity contribution in [3.05, 3.63) is 48.0 Å². The van der Waals surface area contributed by atoms with Crippen molar-refractivity contribution in [2.75, 3.05) is 6.54 Å². The lowest BCUT2D eigenvalue weighted by Gasteiger charge is -2.11. The molecule has 3 rings (SSSR count). The highest BCUT2D eigenvalue weighted by Crippen LogP contribution is 2.20. The van der Waals surface area contributed by atoms with Gasteiger partial charge in [0.05, 0.1) is 6.54 Å². The Bertz CT molecular complexity index is 615. The van der Waals surface area contributed by atoms with Gasteiger partial charge >= 0.3 is 0 Å². The highest BCUT2D eigenvalue weighted by molar-refractivity contribution is 14.0. The van der Waals surface area contributed by atoms with Crippen molar-refractivity contribution in [3.63, 3.8) is 0 Å². The minimum absolute atomic E-state index is 0. The standard InChI is InChI=1S/C17H21N3.HI/c1-2-18-17(20-15-10-11-15)19-12-14-8-5-7-13-6-3-4-9-16(13)14;/h3-9,15H,2,10-12H2,1H3,(H2,18,19,20);1H. The van der Waals surface area contributed by atoms with E-state index in [1.165, 1.54) is 29.2 Å². The summed E-state index contributed by atoms with van der Waals surface area (Å²) in [5.74, 6) is 0.933. The van der Waals surface area contributed by atoms with E-state index in [9.17, 15) is 0 Å². The van der Waals surface area contributed by atoms with Crippen LogP contribution < -0.4 is 10.6 Å². The van der Waals surface area contributed by atoms with Crippen LogP contribution in [0.4, 0.5) is 0 Å². The monoisotopic (exact) mass is 395 g/mol. The number of rotatable bonds is 4. The fourth-order valence-electron chi connectivity index (χ4n) is 2.34. The minimum atomic E-state index is 0. The third-order valence-electron chi connectivity index (χ3n) is 3.55. The van der Waals surface area contributed by atoms with Gasteiger partial charge in [-0.25, -0.2) is 4.99 Å². The molecule has 0 amide bonds. The Morgan fingerprint density at radius 1 is 1.14 bits per heavy atom. The number of halogens is 1. The Labute approximate surface area is 143 Å². The van der Waals surface area contributed by atoms with Crippen molar-refractivity contribution >= 4 is 40.7 Å². The van der Waals surface area contributed by atoms with Crippen LogP contribution in [0.5, 0.6) is 0 Å². The summed E-state index contributed by atoms with van der Waals surface area (Å²) in [6, 6.07) is 15.5. The molecule has 1 fully saturated rings. The number of fused-ring (bicyclic) bond motifs is 1. The number of aliphatic imine (C=N–C) groups is 1. The van der Waals surface area contributed by atoms with E-state index in [-0.39, 0.29) is 24.0 Å². The minimum Gasteiger partial charge on any atom is -0.357 e. The van der Waals surface area contributed by atoms with Gasteiger partial charge in [-0.1, -0.05) is 42.5 Å². The molecule has 0 spiro atoms. The molecule has 2 N–H and O–H groups in total. The van der Waals surface area contributed by atoms with Crippen molar-refractivity contribution in [3.8, 4) is 0 Å². The Kier molecular flexibility index (Phi) is 5.85. The summed E-state index contributed by atoms with van der Waals surface area (Å²) in [6.07, 6.45) is 2.53. The first-order valence-corrected chi connectivity index (χ1v) is 7.38. The van der Waals surface area contributed by atoms with Crippen molar-refractivity contribution < 1.29 is 0 Å². The summed E-state index contributed by atoms with van der Waals surface area (Å²) in [7, 11) is 0. The van der Waals surface area contributed by atoms with Gasteiger partial charge in [-0.3, -0.25) is 0 Å². The SMILES string of the molecule is CCNC(=NCc1cccc2ccccc12)NC1CC1.I. The van der Waals surface area contributed by atoms with Gasteiger partial charge in [-0.05, 0) is 36.1 Å². The quantitative estimate of drug-likeness (QED) is 0.471. The topological polar surface area (TPSA) is 36.4 Å². The molecule has 0 aliphatic heterocycles. The van der Waals surface area contributed by atoms with E-state index >= 15 is 0 Å². The Morgan fingerprint density at radius 2 is 1.90 bits per heavy atom. The van der Waals surface area contributed by atoms with Gasteiger partial charge in [0, 0.05) is 12.6 Å². The van der Waals surface area contributed by atoms with Crippen LogP contribution >= 0.6 is 24.0 Å². The molecule has 0 bridgehead atoms. The van der Waals surface area contributed by atoms with Gasteiger partial charge in [0.2, 0.25) is 0 Å². The van der Waals surface area contributed by atoms with Gasteiger partial charge in [-0.2, -0.15) is 0 Å². The largest absolute Gasteiger partial charge is 0.357 e. The van der Waals surface area contributed by atoms with Crippen molar-refractivity contribution in [2.45, 2.75) is 32.4 Å². The van der Waals surface area contributed by atoms with Crippen LogP contribution in [-0.2, 0) is 6.54 Å². The second kappa shape index (κ2) is 7.64. The second-order valence-corrected chi connectivity index (χ2v) is 5.25. The Hall–Kier alpha value is -1.30. The second-order valence-electron chi connectivity index (χ2n) is 5.25. The summed E-state index contributed by atoms with van der Waals surface area (Å²) >= 11 is 0. The van der Waals surface area contributed by atoms with Gasteiger partial charge in [0.15, 0.2) is 5.96 Å². The predicted molar refractivity (Wildman–Crippen MR) is 100 cm³/mol. The smallest absolute Gasteiger partial charge is 0.191 e. The highest BCUT2D eigenvalue weighted by atomic mass is 127. The van der Waals surface area contributed by atoms with E-state index < -0.39 is 0 Å². The molecule has 0 unspecified atom stereocenters. The molecular weight excluding hydrogens is 373 g/mol. The van der Waals surface area contributed by atoms with E-state index in [2.05, 4.69) is 60.0 Å². The molecule has 21 heavy (non-hydrogen) atoms. The molecule has 4 heteroatoms. The maximum atomic E-state index is 4.71. The molecule has 0 saturated heterocycles. The number of hydrogen-bond donors (Lipinski definition) is 2. The predicted octanol–water partition coefficient (Wildman–Crippen LogP) is 3.68. The van der Waals surface area contributed by atoms with Gasteiger partial charge in [0.25, 0.3) is 0 Å². The molecule has 0 radical (unpaired) electrons. The number of nitrogens with one attached hydrogen (secondary N) is 2. The third kappa shape index (κ3) is 4.33. The molecule has 1 saturated carbocycles. The molecular formula is C17H22IN3. The summed E-state index contributed by atoms with van der Waals surface area (Å²) in [5, 5.41) is 9.33. The molecule has 1 aliphatic carbocycles. The summed E-state index contributed by atoms with van der Waals surface area (Å²) < 4.78 is 0. The van der Waals surface area contributed by atoms with Crippen molar-refractivity contribution in [2.24, 2.45) is 4.99 Å². The molecule has 0 aromatic heterocycles. The van der Waals surface area contributed by atoms with E-state index in [1.54, 1.807) is 0 Å². The first kappa shape index (κ1) is 16.1. The molecule has 3 nitrogen and oxygen atoms in total. The van der Waals surface area contributed by atoms with Crippen LogP contribution in [0.15, 0.2) is 47.5 Å². The molecule has 1 aliphatic rings. The zero-order valence-electron chi connectivity index (χ0n) is 12.3. The molecule has 0 heterocycles. The molecule has 2 aromatic carbocycles. The fraction of sp³-hybridized carbons (Fsp3) is 0.353. The molecule has 112 valence electrons. The fourth-order valence-corrected chi connectivity index (χ4v) is 2.34. The number of benzene rings is 2. The van der Waals surface area contributed by atoms with Crippen LogP contribution in [0.2, 0.25) is 0 Å². The average molecular weight is 395 g/mol. The lowest BCUT2D eigenvalue weighted by Crippen LogP contribution is -2.38.